The van der Waals surface area contributed by atoms with E-state index in [1.54, 1.807) is 7.11 Å². The van der Waals surface area contributed by atoms with Crippen LogP contribution in [0.1, 0.15) is 6.92 Å². The van der Waals surface area contributed by atoms with Crippen molar-refractivity contribution in [1.29, 1.82) is 0 Å². The van der Waals surface area contributed by atoms with Crippen LogP contribution in [0.4, 0.5) is 5.69 Å². The average Bonchev–Trinajstić information content (AvgIpc) is 2.29. The molecule has 1 fully saturated rings. The molecule has 1 N–H and O–H groups in total. The molecule has 0 aliphatic carbocycles. The molecule has 0 bridgehead atoms. The number of anilines is 1. The third-order valence-electron chi connectivity index (χ3n) is 2.81. The summed E-state index contributed by atoms with van der Waals surface area (Å²) in [4.78, 5) is 2.40. The lowest BCUT2D eigenvalue weighted by molar-refractivity contribution is 0.414. The average molecular weight is 279 g/mol. The second-order valence-corrected chi connectivity index (χ2v) is 4.00. The van der Waals surface area contributed by atoms with Crippen molar-refractivity contribution < 1.29 is 4.74 Å². The first-order valence-corrected chi connectivity index (χ1v) is 5.42. The van der Waals surface area contributed by atoms with Gasteiger partial charge in [-0.25, -0.2) is 0 Å². The van der Waals surface area contributed by atoms with Crippen LogP contribution >= 0.6 is 24.8 Å². The van der Waals surface area contributed by atoms with Crippen LogP contribution in [-0.4, -0.2) is 32.8 Å². The summed E-state index contributed by atoms with van der Waals surface area (Å²) in [7, 11) is 1.70. The van der Waals surface area contributed by atoms with E-state index in [-0.39, 0.29) is 24.8 Å². The molecule has 0 saturated carbocycles. The fourth-order valence-electron chi connectivity index (χ4n) is 1.96. The van der Waals surface area contributed by atoms with Crippen molar-refractivity contribution in [2.45, 2.75) is 13.0 Å². The Morgan fingerprint density at radius 2 is 1.88 bits per heavy atom. The van der Waals surface area contributed by atoms with Crippen molar-refractivity contribution >= 4 is 30.5 Å². The second kappa shape index (κ2) is 7.64. The van der Waals surface area contributed by atoms with E-state index < -0.39 is 0 Å². The number of nitrogens with one attached hydrogen (secondary N) is 1. The second-order valence-electron chi connectivity index (χ2n) is 4.00. The highest BCUT2D eigenvalue weighted by Crippen LogP contribution is 2.20. The molecule has 1 unspecified atom stereocenters. The molecule has 5 heteroatoms. The van der Waals surface area contributed by atoms with Gasteiger partial charge in [-0.15, -0.1) is 24.8 Å². The molecule has 1 aromatic carbocycles. The summed E-state index contributed by atoms with van der Waals surface area (Å²) >= 11 is 0. The Morgan fingerprint density at radius 1 is 1.24 bits per heavy atom. The van der Waals surface area contributed by atoms with Crippen molar-refractivity contribution in [3.05, 3.63) is 24.3 Å². The first kappa shape index (κ1) is 16.4. The normalized spacial score (nSPS) is 18.9. The van der Waals surface area contributed by atoms with E-state index >= 15 is 0 Å². The van der Waals surface area contributed by atoms with Gasteiger partial charge in [0.1, 0.15) is 5.75 Å². The summed E-state index contributed by atoms with van der Waals surface area (Å²) in [5.74, 6) is 0.918. The van der Waals surface area contributed by atoms with Crippen molar-refractivity contribution in [3.63, 3.8) is 0 Å². The fraction of sp³-hybridized carbons (Fsp3) is 0.500. The van der Waals surface area contributed by atoms with Gasteiger partial charge < -0.3 is 15.0 Å². The van der Waals surface area contributed by atoms with Gasteiger partial charge >= 0.3 is 0 Å². The van der Waals surface area contributed by atoms with Gasteiger partial charge in [-0.3, -0.25) is 0 Å². The maximum absolute atomic E-state index is 5.15. The largest absolute Gasteiger partial charge is 0.497 e. The molecule has 1 aliphatic rings. The molecule has 0 radical (unpaired) electrons. The van der Waals surface area contributed by atoms with E-state index in [1.165, 1.54) is 5.69 Å². The van der Waals surface area contributed by atoms with Gasteiger partial charge in [0.05, 0.1) is 7.11 Å². The standard InChI is InChI=1S/C12H18N2O.2ClH/c1-10-9-14(8-7-13-10)11-3-5-12(15-2)6-4-11;;/h3-6,10,13H,7-9H2,1-2H3;2*1H. The van der Waals surface area contributed by atoms with Crippen LogP contribution in [0.5, 0.6) is 5.75 Å². The van der Waals surface area contributed by atoms with Crippen LogP contribution in [0.15, 0.2) is 24.3 Å². The first-order chi connectivity index (χ1) is 7.29. The third-order valence-corrected chi connectivity index (χ3v) is 2.81. The minimum atomic E-state index is 0. The summed E-state index contributed by atoms with van der Waals surface area (Å²) in [5.41, 5.74) is 1.28. The van der Waals surface area contributed by atoms with Gasteiger partial charge in [0, 0.05) is 31.4 Å². The molecule has 3 nitrogen and oxygen atoms in total. The lowest BCUT2D eigenvalue weighted by Crippen LogP contribution is -2.49. The molecular formula is C12H20Cl2N2O. The SMILES string of the molecule is COc1ccc(N2CCNC(C)C2)cc1.Cl.Cl. The molecule has 98 valence electrons. The van der Waals surface area contributed by atoms with Crippen LogP contribution in [0.2, 0.25) is 0 Å². The molecule has 2 rings (SSSR count). The zero-order valence-corrected chi connectivity index (χ0v) is 11.8. The monoisotopic (exact) mass is 278 g/mol. The fourth-order valence-corrected chi connectivity index (χ4v) is 1.96. The number of rotatable bonds is 2. The number of nitrogens with zero attached hydrogens (tertiary/aromatic N) is 1. The number of halogens is 2. The zero-order chi connectivity index (χ0) is 10.7. The Balaban J connectivity index is 0.00000128. The van der Waals surface area contributed by atoms with Crippen LogP contribution in [0.3, 0.4) is 0 Å². The summed E-state index contributed by atoms with van der Waals surface area (Å²) < 4.78 is 5.15. The number of hydrogen-bond acceptors (Lipinski definition) is 3. The third kappa shape index (κ3) is 4.26. The van der Waals surface area contributed by atoms with Crippen LogP contribution in [0.25, 0.3) is 0 Å². The molecule has 17 heavy (non-hydrogen) atoms. The van der Waals surface area contributed by atoms with E-state index in [4.69, 9.17) is 4.74 Å². The van der Waals surface area contributed by atoms with E-state index in [9.17, 15) is 0 Å². The van der Waals surface area contributed by atoms with E-state index in [0.29, 0.717) is 6.04 Å². The van der Waals surface area contributed by atoms with Crippen molar-refractivity contribution in [2.75, 3.05) is 31.6 Å². The van der Waals surface area contributed by atoms with E-state index in [2.05, 4.69) is 29.3 Å². The molecule has 0 amide bonds. The highest BCUT2D eigenvalue weighted by Gasteiger charge is 2.15. The minimum Gasteiger partial charge on any atom is -0.497 e. The summed E-state index contributed by atoms with van der Waals surface area (Å²) in [6.07, 6.45) is 0. The molecule has 1 saturated heterocycles. The van der Waals surface area contributed by atoms with Gasteiger partial charge in [0.15, 0.2) is 0 Å². The number of hydrogen-bond donors (Lipinski definition) is 1. The van der Waals surface area contributed by atoms with Crippen LogP contribution in [0, 0.1) is 0 Å². The Labute approximate surface area is 115 Å². The molecule has 1 aliphatic heterocycles. The summed E-state index contributed by atoms with van der Waals surface area (Å²) in [6, 6.07) is 8.85. The Kier molecular flexibility index (Phi) is 7.35. The van der Waals surface area contributed by atoms with Crippen LogP contribution < -0.4 is 15.0 Å². The van der Waals surface area contributed by atoms with Gasteiger partial charge in [-0.2, -0.15) is 0 Å². The quantitative estimate of drug-likeness (QED) is 0.899. The van der Waals surface area contributed by atoms with Crippen LogP contribution in [-0.2, 0) is 0 Å². The molecule has 1 heterocycles. The molecule has 1 atom stereocenters. The highest BCUT2D eigenvalue weighted by molar-refractivity contribution is 5.85. The smallest absolute Gasteiger partial charge is 0.119 e. The highest BCUT2D eigenvalue weighted by atomic mass is 35.5. The minimum absolute atomic E-state index is 0. The molecule has 0 aromatic heterocycles. The maximum atomic E-state index is 5.15. The van der Waals surface area contributed by atoms with Gasteiger partial charge in [0.25, 0.3) is 0 Å². The lowest BCUT2D eigenvalue weighted by Gasteiger charge is -2.33. The zero-order valence-electron chi connectivity index (χ0n) is 10.2. The molecule has 0 spiro atoms. The van der Waals surface area contributed by atoms with Gasteiger partial charge in [-0.1, -0.05) is 0 Å². The van der Waals surface area contributed by atoms with Crippen molar-refractivity contribution in [3.8, 4) is 5.75 Å². The number of ether oxygens (including phenoxy) is 1. The first-order valence-electron chi connectivity index (χ1n) is 5.42. The summed E-state index contributed by atoms with van der Waals surface area (Å²) in [6.45, 7) is 5.44. The Bertz CT molecular complexity index is 319. The number of piperazine rings is 1. The van der Waals surface area contributed by atoms with Gasteiger partial charge in [0.2, 0.25) is 0 Å². The lowest BCUT2D eigenvalue weighted by atomic mass is 10.2. The van der Waals surface area contributed by atoms with E-state index in [1.807, 2.05) is 12.1 Å². The molecular weight excluding hydrogens is 259 g/mol. The predicted molar refractivity (Wildman–Crippen MR) is 77.2 cm³/mol. The predicted octanol–water partition coefficient (Wildman–Crippen LogP) is 2.34. The van der Waals surface area contributed by atoms with Crippen molar-refractivity contribution in [1.82, 2.24) is 5.32 Å². The van der Waals surface area contributed by atoms with Crippen molar-refractivity contribution in [2.24, 2.45) is 0 Å². The summed E-state index contributed by atoms with van der Waals surface area (Å²) in [5, 5.41) is 3.44. The number of benzene rings is 1. The van der Waals surface area contributed by atoms with E-state index in [0.717, 1.165) is 25.4 Å². The molecule has 1 aromatic rings. The number of methoxy groups -OCH3 is 1. The Hall–Kier alpha value is -0.640. The Morgan fingerprint density at radius 3 is 2.41 bits per heavy atom. The maximum Gasteiger partial charge on any atom is 0.119 e. The van der Waals surface area contributed by atoms with Gasteiger partial charge in [-0.05, 0) is 31.2 Å². The topological polar surface area (TPSA) is 24.5 Å².